The minimum atomic E-state index is -1.25. The van der Waals surface area contributed by atoms with Crippen molar-refractivity contribution in [2.75, 3.05) is 19.8 Å². The fraction of sp³-hybridized carbons (Fsp3) is 0.846. The van der Waals surface area contributed by atoms with Gasteiger partial charge in [-0.25, -0.2) is 0 Å². The highest BCUT2D eigenvalue weighted by Crippen LogP contribution is 2.31. The topological polar surface area (TPSA) is 57.2 Å². The molecule has 1 saturated heterocycles. The maximum Gasteiger partial charge on any atom is 0.217 e. The van der Waals surface area contributed by atoms with E-state index in [4.69, 9.17) is 18.9 Å². The van der Waals surface area contributed by atoms with Gasteiger partial charge in [-0.3, -0.25) is 0 Å². The van der Waals surface area contributed by atoms with Crippen LogP contribution in [0.2, 0.25) is 0 Å². The lowest BCUT2D eigenvalue weighted by Crippen LogP contribution is -2.52. The van der Waals surface area contributed by atoms with E-state index in [-0.39, 0.29) is 0 Å². The minimum absolute atomic E-state index is 0.296. The van der Waals surface area contributed by atoms with E-state index < -0.39 is 23.8 Å². The summed E-state index contributed by atoms with van der Waals surface area (Å²) < 4.78 is 22.1. The van der Waals surface area contributed by atoms with E-state index >= 15 is 0 Å². The molecule has 5 nitrogen and oxygen atoms in total. The summed E-state index contributed by atoms with van der Waals surface area (Å²) in [4.78, 5) is 0. The Morgan fingerprint density at radius 3 is 2.33 bits per heavy atom. The van der Waals surface area contributed by atoms with Crippen molar-refractivity contribution in [1.82, 2.24) is 0 Å². The molecule has 106 valence electrons. The van der Waals surface area contributed by atoms with E-state index in [0.717, 1.165) is 0 Å². The largest absolute Gasteiger partial charge is 0.384 e. The zero-order chi connectivity index (χ0) is 13.8. The number of hydrogen-bond acceptors (Lipinski definition) is 5. The van der Waals surface area contributed by atoms with Gasteiger partial charge in [-0.2, -0.15) is 0 Å². The van der Waals surface area contributed by atoms with Gasteiger partial charge in [-0.1, -0.05) is 6.58 Å². The van der Waals surface area contributed by atoms with Gasteiger partial charge in [0.05, 0.1) is 6.61 Å². The molecule has 1 fully saturated rings. The Labute approximate surface area is 109 Å². The van der Waals surface area contributed by atoms with E-state index in [2.05, 4.69) is 6.58 Å². The Bertz CT molecular complexity index is 271. The summed E-state index contributed by atoms with van der Waals surface area (Å²) in [6.45, 7) is 12.1. The van der Waals surface area contributed by atoms with Crippen LogP contribution in [0.4, 0.5) is 0 Å². The molecular formula is C13H24O5. The average Bonchev–Trinajstić information content (AvgIpc) is 2.68. The molecule has 0 aliphatic carbocycles. The highest BCUT2D eigenvalue weighted by molar-refractivity contribution is 5.00. The van der Waals surface area contributed by atoms with Gasteiger partial charge in [0.15, 0.2) is 5.79 Å². The molecule has 1 aliphatic heterocycles. The lowest BCUT2D eigenvalue weighted by atomic mass is 10.0. The van der Waals surface area contributed by atoms with Gasteiger partial charge >= 0.3 is 0 Å². The van der Waals surface area contributed by atoms with Gasteiger partial charge in [-0.05, 0) is 33.8 Å². The molecule has 1 aliphatic rings. The summed E-state index contributed by atoms with van der Waals surface area (Å²) in [5.74, 6) is -1.95. The lowest BCUT2D eigenvalue weighted by molar-refractivity contribution is -0.272. The van der Waals surface area contributed by atoms with Crippen molar-refractivity contribution in [1.29, 1.82) is 0 Å². The molecule has 0 aromatic rings. The van der Waals surface area contributed by atoms with Crippen LogP contribution in [-0.4, -0.2) is 48.7 Å². The molecule has 0 aromatic carbocycles. The number of ether oxygens (including phenoxy) is 4. The van der Waals surface area contributed by atoms with E-state index in [9.17, 15) is 5.11 Å². The van der Waals surface area contributed by atoms with E-state index in [1.807, 2.05) is 13.8 Å². The second kappa shape index (κ2) is 6.12. The van der Waals surface area contributed by atoms with Crippen molar-refractivity contribution in [3.05, 3.63) is 12.7 Å². The third kappa shape index (κ3) is 3.30. The highest BCUT2D eigenvalue weighted by Gasteiger charge is 2.47. The van der Waals surface area contributed by atoms with Crippen LogP contribution in [0.3, 0.4) is 0 Å². The Morgan fingerprint density at radius 2 is 2.00 bits per heavy atom. The van der Waals surface area contributed by atoms with E-state index in [1.165, 1.54) is 6.08 Å². The fourth-order valence-electron chi connectivity index (χ4n) is 2.03. The number of aliphatic hydroxyl groups excluding tert-OH is 1. The first-order chi connectivity index (χ1) is 8.40. The van der Waals surface area contributed by atoms with Crippen LogP contribution >= 0.6 is 0 Å². The smallest absolute Gasteiger partial charge is 0.217 e. The van der Waals surface area contributed by atoms with Crippen molar-refractivity contribution in [2.45, 2.75) is 51.5 Å². The molecule has 2 atom stereocenters. The number of rotatable bonds is 7. The summed E-state index contributed by atoms with van der Waals surface area (Å²) in [6, 6.07) is 0. The first-order valence-corrected chi connectivity index (χ1v) is 6.32. The van der Waals surface area contributed by atoms with Crippen LogP contribution in [0.15, 0.2) is 12.7 Å². The summed E-state index contributed by atoms with van der Waals surface area (Å²) in [5.41, 5.74) is 0. The molecule has 18 heavy (non-hydrogen) atoms. The van der Waals surface area contributed by atoms with Gasteiger partial charge in [-0.15, -0.1) is 0 Å². The summed E-state index contributed by atoms with van der Waals surface area (Å²) in [7, 11) is 0. The van der Waals surface area contributed by atoms with Crippen molar-refractivity contribution in [3.63, 3.8) is 0 Å². The molecule has 0 aromatic heterocycles. The van der Waals surface area contributed by atoms with Crippen LogP contribution < -0.4 is 0 Å². The van der Waals surface area contributed by atoms with Crippen molar-refractivity contribution >= 4 is 0 Å². The van der Waals surface area contributed by atoms with E-state index in [1.54, 1.807) is 13.8 Å². The van der Waals surface area contributed by atoms with Gasteiger partial charge < -0.3 is 24.1 Å². The molecule has 5 heteroatoms. The Hall–Kier alpha value is -0.460. The average molecular weight is 260 g/mol. The lowest BCUT2D eigenvalue weighted by Gasteiger charge is -2.36. The number of aliphatic hydroxyl groups is 1. The van der Waals surface area contributed by atoms with Crippen molar-refractivity contribution in [2.24, 2.45) is 0 Å². The molecule has 1 N–H and O–H groups in total. The monoisotopic (exact) mass is 260 g/mol. The second-order valence-electron chi connectivity index (χ2n) is 4.60. The molecule has 0 amide bonds. The summed E-state index contributed by atoms with van der Waals surface area (Å²) >= 11 is 0. The standard InChI is InChI=1S/C13H24O5/c1-6-13(15-7-2,16-8-3)11(14)10-9-17-12(4,5)18-10/h6,10-11,14H,1,7-9H2,2-5H3/t10-,11+/m1/s1. The quantitative estimate of drug-likeness (QED) is 0.554. The van der Waals surface area contributed by atoms with Crippen LogP contribution in [0, 0.1) is 0 Å². The first kappa shape index (κ1) is 15.6. The van der Waals surface area contributed by atoms with Gasteiger partial charge in [0.1, 0.15) is 12.2 Å². The molecule has 0 bridgehead atoms. The minimum Gasteiger partial charge on any atom is -0.384 e. The van der Waals surface area contributed by atoms with E-state index in [0.29, 0.717) is 19.8 Å². The maximum absolute atomic E-state index is 10.4. The first-order valence-electron chi connectivity index (χ1n) is 6.32. The van der Waals surface area contributed by atoms with Crippen LogP contribution in [-0.2, 0) is 18.9 Å². The summed E-state index contributed by atoms with van der Waals surface area (Å²) in [5, 5.41) is 10.4. The third-order valence-corrected chi connectivity index (χ3v) is 2.82. The molecule has 0 spiro atoms. The fourth-order valence-corrected chi connectivity index (χ4v) is 2.03. The Balaban J connectivity index is 2.82. The molecular weight excluding hydrogens is 236 g/mol. The van der Waals surface area contributed by atoms with Crippen LogP contribution in [0.5, 0.6) is 0 Å². The zero-order valence-corrected chi connectivity index (χ0v) is 11.6. The zero-order valence-electron chi connectivity index (χ0n) is 11.6. The van der Waals surface area contributed by atoms with Crippen LogP contribution in [0.25, 0.3) is 0 Å². The predicted octanol–water partition coefficient (Wildman–Crippen LogP) is 1.45. The highest BCUT2D eigenvalue weighted by atomic mass is 16.8. The normalized spacial score (nSPS) is 25.1. The second-order valence-corrected chi connectivity index (χ2v) is 4.60. The molecule has 0 saturated carbocycles. The predicted molar refractivity (Wildman–Crippen MR) is 67.1 cm³/mol. The SMILES string of the molecule is C=CC(OCC)(OCC)[C@@H](O)[C@H]1COC(C)(C)O1. The van der Waals surface area contributed by atoms with Gasteiger partial charge in [0, 0.05) is 13.2 Å². The van der Waals surface area contributed by atoms with Crippen molar-refractivity contribution < 1.29 is 24.1 Å². The molecule has 0 unspecified atom stereocenters. The molecule has 0 radical (unpaired) electrons. The van der Waals surface area contributed by atoms with Gasteiger partial charge in [0.2, 0.25) is 5.79 Å². The maximum atomic E-state index is 10.4. The molecule has 1 rings (SSSR count). The molecule has 1 heterocycles. The van der Waals surface area contributed by atoms with Gasteiger partial charge in [0.25, 0.3) is 0 Å². The Morgan fingerprint density at radius 1 is 1.44 bits per heavy atom. The third-order valence-electron chi connectivity index (χ3n) is 2.82. The summed E-state index contributed by atoms with van der Waals surface area (Å²) in [6.07, 6.45) is -0.0212. The van der Waals surface area contributed by atoms with Crippen molar-refractivity contribution in [3.8, 4) is 0 Å². The van der Waals surface area contributed by atoms with Crippen LogP contribution in [0.1, 0.15) is 27.7 Å². The number of hydrogen-bond donors (Lipinski definition) is 1. The Kier molecular flexibility index (Phi) is 5.31.